The second kappa shape index (κ2) is 7.34. The van der Waals surface area contributed by atoms with Gasteiger partial charge >= 0.3 is 0 Å². The summed E-state index contributed by atoms with van der Waals surface area (Å²) in [5.74, 6) is 0.901. The van der Waals surface area contributed by atoms with E-state index in [1.54, 1.807) is 0 Å². The smallest absolute Gasteiger partial charge is 0.0593 e. The van der Waals surface area contributed by atoms with Crippen molar-refractivity contribution in [3.63, 3.8) is 0 Å². The van der Waals surface area contributed by atoms with Crippen LogP contribution in [-0.2, 0) is 4.74 Å². The molecule has 2 rings (SSSR count). The molecule has 0 spiro atoms. The van der Waals surface area contributed by atoms with Crippen LogP contribution in [0.2, 0.25) is 0 Å². The van der Waals surface area contributed by atoms with E-state index in [9.17, 15) is 0 Å². The normalized spacial score (nSPS) is 26.6. The fraction of sp³-hybridized carbons (Fsp3) is 1.00. The monoisotopic (exact) mass is 240 g/mol. The van der Waals surface area contributed by atoms with Crippen molar-refractivity contribution in [3.05, 3.63) is 0 Å². The zero-order valence-electron chi connectivity index (χ0n) is 11.3. The van der Waals surface area contributed by atoms with E-state index in [-0.39, 0.29) is 0 Å². The Morgan fingerprint density at radius 1 is 1.12 bits per heavy atom. The van der Waals surface area contributed by atoms with Crippen LogP contribution in [0.15, 0.2) is 0 Å². The van der Waals surface area contributed by atoms with E-state index >= 15 is 0 Å². The van der Waals surface area contributed by atoms with Crippen molar-refractivity contribution in [3.8, 4) is 0 Å². The molecule has 1 saturated carbocycles. The molecule has 3 heteroatoms. The third-order valence-electron chi connectivity index (χ3n) is 4.36. The Hall–Kier alpha value is -0.120. The molecule has 100 valence electrons. The summed E-state index contributed by atoms with van der Waals surface area (Å²) in [7, 11) is 2.13. The van der Waals surface area contributed by atoms with Gasteiger partial charge in [0.15, 0.2) is 0 Å². The maximum Gasteiger partial charge on any atom is 0.0593 e. The highest BCUT2D eigenvalue weighted by Crippen LogP contribution is 2.26. The Balaban J connectivity index is 1.80. The molecule has 1 heterocycles. The van der Waals surface area contributed by atoms with Crippen LogP contribution in [0.1, 0.15) is 38.5 Å². The quantitative estimate of drug-likeness (QED) is 0.812. The van der Waals surface area contributed by atoms with Crippen LogP contribution in [-0.4, -0.2) is 50.8 Å². The molecule has 0 amide bonds. The molecule has 3 nitrogen and oxygen atoms in total. The summed E-state index contributed by atoms with van der Waals surface area (Å²) in [5.41, 5.74) is 0. The molecule has 0 aromatic rings. The molecular weight excluding hydrogens is 212 g/mol. The van der Waals surface area contributed by atoms with Gasteiger partial charge in [0.25, 0.3) is 0 Å². The predicted molar refractivity (Wildman–Crippen MR) is 71.3 cm³/mol. The van der Waals surface area contributed by atoms with Crippen molar-refractivity contribution >= 4 is 0 Å². The molecule has 1 aliphatic carbocycles. The third-order valence-corrected chi connectivity index (χ3v) is 4.36. The predicted octanol–water partition coefficient (Wildman–Crippen LogP) is 1.88. The van der Waals surface area contributed by atoms with Crippen LogP contribution in [0, 0.1) is 5.92 Å². The Morgan fingerprint density at radius 2 is 1.94 bits per heavy atom. The number of nitrogens with one attached hydrogen (secondary N) is 1. The molecular formula is C14H28N2O. The van der Waals surface area contributed by atoms with E-state index in [0.717, 1.165) is 25.7 Å². The maximum atomic E-state index is 5.52. The first-order chi connectivity index (χ1) is 8.40. The second-order valence-corrected chi connectivity index (χ2v) is 5.56. The summed E-state index contributed by atoms with van der Waals surface area (Å²) in [6, 6.07) is 0.688. The molecule has 0 aromatic heterocycles. The van der Waals surface area contributed by atoms with Crippen LogP contribution < -0.4 is 5.32 Å². The lowest BCUT2D eigenvalue weighted by Crippen LogP contribution is -2.45. The first-order valence-electron chi connectivity index (χ1n) is 7.37. The van der Waals surface area contributed by atoms with Crippen molar-refractivity contribution in [2.75, 3.05) is 39.9 Å². The molecule has 1 saturated heterocycles. The molecule has 1 atom stereocenters. The van der Waals surface area contributed by atoms with Gasteiger partial charge in [-0.15, -0.1) is 0 Å². The average Bonchev–Trinajstić information content (AvgIpc) is 2.65. The highest BCUT2D eigenvalue weighted by Gasteiger charge is 2.24. The van der Waals surface area contributed by atoms with Gasteiger partial charge in [0.05, 0.1) is 6.61 Å². The van der Waals surface area contributed by atoms with Crippen molar-refractivity contribution < 1.29 is 4.74 Å². The van der Waals surface area contributed by atoms with Gasteiger partial charge in [-0.1, -0.05) is 19.3 Å². The largest absolute Gasteiger partial charge is 0.380 e. The van der Waals surface area contributed by atoms with Gasteiger partial charge in [-0.05, 0) is 32.2 Å². The summed E-state index contributed by atoms with van der Waals surface area (Å²) < 4.78 is 5.52. The van der Waals surface area contributed by atoms with Gasteiger partial charge in [0, 0.05) is 32.3 Å². The minimum Gasteiger partial charge on any atom is -0.380 e. The van der Waals surface area contributed by atoms with E-state index in [1.807, 2.05) is 0 Å². The number of hydrogen-bond donors (Lipinski definition) is 1. The summed E-state index contributed by atoms with van der Waals surface area (Å²) in [4.78, 5) is 2.59. The molecule has 17 heavy (non-hydrogen) atoms. The van der Waals surface area contributed by atoms with Crippen LogP contribution in [0.5, 0.6) is 0 Å². The zero-order chi connectivity index (χ0) is 11.9. The number of hydrogen-bond acceptors (Lipinski definition) is 3. The SMILES string of the molecule is CNC(CN1CCCOCC1)C1CCCCC1. The lowest BCUT2D eigenvalue weighted by atomic mass is 9.83. The lowest BCUT2D eigenvalue weighted by Gasteiger charge is -2.33. The molecule has 2 fully saturated rings. The summed E-state index contributed by atoms with van der Waals surface area (Å²) in [6.45, 7) is 5.41. The molecule has 1 unspecified atom stereocenters. The standard InChI is InChI=1S/C14H28N2O/c1-15-14(13-6-3-2-4-7-13)12-16-8-5-10-17-11-9-16/h13-15H,2-12H2,1H3. The minimum atomic E-state index is 0.688. The fourth-order valence-electron chi connectivity index (χ4n) is 3.27. The van der Waals surface area contributed by atoms with Gasteiger partial charge < -0.3 is 10.1 Å². The van der Waals surface area contributed by atoms with Crippen LogP contribution in [0.3, 0.4) is 0 Å². The van der Waals surface area contributed by atoms with Crippen molar-refractivity contribution in [2.24, 2.45) is 5.92 Å². The number of likely N-dealkylation sites (N-methyl/N-ethyl adjacent to an activating group) is 1. The first-order valence-corrected chi connectivity index (χ1v) is 7.37. The Bertz CT molecular complexity index is 196. The number of ether oxygens (including phenoxy) is 1. The molecule has 2 aliphatic rings. The second-order valence-electron chi connectivity index (χ2n) is 5.56. The number of nitrogens with zero attached hydrogens (tertiary/aromatic N) is 1. The average molecular weight is 240 g/mol. The van der Waals surface area contributed by atoms with Gasteiger partial charge in [-0.3, -0.25) is 4.90 Å². The topological polar surface area (TPSA) is 24.5 Å². The van der Waals surface area contributed by atoms with Gasteiger partial charge in [-0.25, -0.2) is 0 Å². The molecule has 0 radical (unpaired) electrons. The summed E-state index contributed by atoms with van der Waals surface area (Å²) in [5, 5.41) is 3.56. The van der Waals surface area contributed by atoms with Crippen molar-refractivity contribution in [2.45, 2.75) is 44.6 Å². The molecule has 0 bridgehead atoms. The lowest BCUT2D eigenvalue weighted by molar-refractivity contribution is 0.135. The van der Waals surface area contributed by atoms with Crippen LogP contribution >= 0.6 is 0 Å². The highest BCUT2D eigenvalue weighted by atomic mass is 16.5. The Kier molecular flexibility index (Phi) is 5.75. The fourth-order valence-corrected chi connectivity index (χ4v) is 3.27. The highest BCUT2D eigenvalue weighted by molar-refractivity contribution is 4.81. The van der Waals surface area contributed by atoms with Gasteiger partial charge in [0.1, 0.15) is 0 Å². The van der Waals surface area contributed by atoms with Gasteiger partial charge in [0.2, 0.25) is 0 Å². The first kappa shape index (κ1) is 13.3. The molecule has 0 aromatic carbocycles. The molecule has 1 aliphatic heterocycles. The zero-order valence-corrected chi connectivity index (χ0v) is 11.3. The Labute approximate surface area is 106 Å². The van der Waals surface area contributed by atoms with E-state index in [0.29, 0.717) is 6.04 Å². The van der Waals surface area contributed by atoms with Crippen molar-refractivity contribution in [1.29, 1.82) is 0 Å². The van der Waals surface area contributed by atoms with E-state index in [1.165, 1.54) is 51.6 Å². The van der Waals surface area contributed by atoms with Crippen LogP contribution in [0.25, 0.3) is 0 Å². The van der Waals surface area contributed by atoms with E-state index < -0.39 is 0 Å². The van der Waals surface area contributed by atoms with Crippen molar-refractivity contribution in [1.82, 2.24) is 10.2 Å². The minimum absolute atomic E-state index is 0.688. The maximum absolute atomic E-state index is 5.52. The number of rotatable bonds is 4. The van der Waals surface area contributed by atoms with E-state index in [2.05, 4.69) is 17.3 Å². The van der Waals surface area contributed by atoms with Gasteiger partial charge in [-0.2, -0.15) is 0 Å². The third kappa shape index (κ3) is 4.23. The summed E-state index contributed by atoms with van der Waals surface area (Å²) in [6.07, 6.45) is 8.37. The summed E-state index contributed by atoms with van der Waals surface area (Å²) >= 11 is 0. The molecule has 1 N–H and O–H groups in total. The van der Waals surface area contributed by atoms with Crippen LogP contribution in [0.4, 0.5) is 0 Å². The Morgan fingerprint density at radius 3 is 2.71 bits per heavy atom. The van der Waals surface area contributed by atoms with E-state index in [4.69, 9.17) is 4.74 Å².